The molecule has 0 unspecified atom stereocenters. The third-order valence-electron chi connectivity index (χ3n) is 2.77. The van der Waals surface area contributed by atoms with Gasteiger partial charge in [0.15, 0.2) is 0 Å². The van der Waals surface area contributed by atoms with Crippen LogP contribution in [0.15, 0.2) is 24.3 Å². The number of rotatable bonds is 10. The molecular formula is C16H28O4. The summed E-state index contributed by atoms with van der Waals surface area (Å²) < 4.78 is 0. The van der Waals surface area contributed by atoms with Gasteiger partial charge >= 0.3 is 11.9 Å². The highest BCUT2D eigenvalue weighted by atomic mass is 16.4. The first-order valence-corrected chi connectivity index (χ1v) is 7.18. The van der Waals surface area contributed by atoms with Crippen LogP contribution in [0.4, 0.5) is 0 Å². The average Bonchev–Trinajstić information content (AvgIpc) is 2.39. The van der Waals surface area contributed by atoms with Gasteiger partial charge in [0.25, 0.3) is 0 Å². The summed E-state index contributed by atoms with van der Waals surface area (Å²) >= 11 is 0. The van der Waals surface area contributed by atoms with Crippen LogP contribution < -0.4 is 0 Å². The molecule has 2 N–H and O–H groups in total. The first-order valence-electron chi connectivity index (χ1n) is 7.18. The van der Waals surface area contributed by atoms with Gasteiger partial charge in [-0.2, -0.15) is 0 Å². The lowest BCUT2D eigenvalue weighted by atomic mass is 10.1. The Hall–Kier alpha value is -1.58. The summed E-state index contributed by atoms with van der Waals surface area (Å²) in [6.45, 7) is 11.0. The van der Waals surface area contributed by atoms with E-state index in [4.69, 9.17) is 10.2 Å². The fourth-order valence-corrected chi connectivity index (χ4v) is 1.39. The number of carboxylic acids is 2. The Morgan fingerprint density at radius 3 is 1.25 bits per heavy atom. The Morgan fingerprint density at radius 1 is 0.750 bits per heavy atom. The first-order chi connectivity index (χ1) is 9.36. The van der Waals surface area contributed by atoms with Gasteiger partial charge in [0.1, 0.15) is 0 Å². The fraction of sp³-hybridized carbons (Fsp3) is 0.625. The Morgan fingerprint density at radius 2 is 1.05 bits per heavy atom. The van der Waals surface area contributed by atoms with Crippen LogP contribution in [0.1, 0.15) is 65.2 Å². The van der Waals surface area contributed by atoms with Crippen LogP contribution in [0.25, 0.3) is 0 Å². The molecule has 0 aromatic heterocycles. The van der Waals surface area contributed by atoms with Crippen molar-refractivity contribution in [2.75, 3.05) is 0 Å². The summed E-state index contributed by atoms with van der Waals surface area (Å²) in [7, 11) is 0. The summed E-state index contributed by atoms with van der Waals surface area (Å²) in [5.41, 5.74) is 0.655. The first kappa shape index (κ1) is 20.7. The predicted molar refractivity (Wildman–Crippen MR) is 81.8 cm³/mol. The highest BCUT2D eigenvalue weighted by Gasteiger charge is 2.02. The lowest BCUT2D eigenvalue weighted by Gasteiger charge is -1.97. The molecule has 0 spiro atoms. The molecule has 0 aliphatic rings. The van der Waals surface area contributed by atoms with E-state index in [0.29, 0.717) is 24.0 Å². The minimum atomic E-state index is -0.865. The molecule has 0 aromatic rings. The number of carboxylic acid groups (broad SMARTS) is 2. The standard InChI is InChI=1S/2C8H14O2/c2*1-3-4-5-6-7(2)8(9)10/h2*2-6H2,1H3,(H,9,10). The minimum Gasteiger partial charge on any atom is -0.478 e. The van der Waals surface area contributed by atoms with Gasteiger partial charge in [-0.25, -0.2) is 9.59 Å². The molecule has 0 bridgehead atoms. The van der Waals surface area contributed by atoms with Crippen molar-refractivity contribution in [2.24, 2.45) is 0 Å². The fourth-order valence-electron chi connectivity index (χ4n) is 1.39. The number of carbonyl (C=O) groups is 2. The second kappa shape index (κ2) is 13.8. The third-order valence-corrected chi connectivity index (χ3v) is 2.77. The Labute approximate surface area is 122 Å². The lowest BCUT2D eigenvalue weighted by molar-refractivity contribution is -0.133. The van der Waals surface area contributed by atoms with Crippen LogP contribution in [-0.4, -0.2) is 22.2 Å². The zero-order valence-electron chi connectivity index (χ0n) is 12.8. The summed E-state index contributed by atoms with van der Waals surface area (Å²) in [6, 6.07) is 0. The van der Waals surface area contributed by atoms with Gasteiger partial charge in [0, 0.05) is 11.1 Å². The molecule has 0 heterocycles. The molecule has 0 atom stereocenters. The van der Waals surface area contributed by atoms with E-state index in [1.54, 1.807) is 0 Å². The summed E-state index contributed by atoms with van der Waals surface area (Å²) in [4.78, 5) is 20.4. The average molecular weight is 284 g/mol. The van der Waals surface area contributed by atoms with Crippen molar-refractivity contribution in [1.82, 2.24) is 0 Å². The van der Waals surface area contributed by atoms with Crippen molar-refractivity contribution in [3.63, 3.8) is 0 Å². The molecule has 0 aliphatic heterocycles. The van der Waals surface area contributed by atoms with Crippen molar-refractivity contribution in [2.45, 2.75) is 65.2 Å². The molecule has 0 aromatic carbocycles. The highest BCUT2D eigenvalue weighted by Crippen LogP contribution is 2.06. The molecular weight excluding hydrogens is 256 g/mol. The zero-order chi connectivity index (χ0) is 16.0. The van der Waals surface area contributed by atoms with E-state index in [0.717, 1.165) is 38.5 Å². The smallest absolute Gasteiger partial charge is 0.330 e. The third kappa shape index (κ3) is 14.5. The normalized spacial score (nSPS) is 9.30. The van der Waals surface area contributed by atoms with Crippen LogP contribution in [0.2, 0.25) is 0 Å². The molecule has 0 rings (SSSR count). The Bertz CT molecular complexity index is 286. The van der Waals surface area contributed by atoms with E-state index < -0.39 is 11.9 Å². The molecule has 4 nitrogen and oxygen atoms in total. The van der Waals surface area contributed by atoms with Crippen LogP contribution in [-0.2, 0) is 9.59 Å². The number of aliphatic carboxylic acids is 2. The Kier molecular flexibility index (Phi) is 14.3. The van der Waals surface area contributed by atoms with Crippen LogP contribution in [0, 0.1) is 0 Å². The SMILES string of the molecule is C=C(CCCCC)C(=O)O.C=C(CCCCC)C(=O)O. The summed E-state index contributed by atoms with van der Waals surface area (Å²) in [5, 5.41) is 16.8. The molecule has 0 saturated heterocycles. The maximum Gasteiger partial charge on any atom is 0.330 e. The molecule has 0 aliphatic carbocycles. The molecule has 0 fully saturated rings. The van der Waals surface area contributed by atoms with E-state index in [9.17, 15) is 9.59 Å². The zero-order valence-corrected chi connectivity index (χ0v) is 12.8. The maximum atomic E-state index is 10.2. The van der Waals surface area contributed by atoms with E-state index in [1.807, 2.05) is 0 Å². The second-order valence-electron chi connectivity index (χ2n) is 4.73. The second-order valence-corrected chi connectivity index (χ2v) is 4.73. The van der Waals surface area contributed by atoms with Gasteiger partial charge in [-0.05, 0) is 25.7 Å². The molecule has 0 saturated carbocycles. The quantitative estimate of drug-likeness (QED) is 0.460. The van der Waals surface area contributed by atoms with Gasteiger partial charge < -0.3 is 10.2 Å². The van der Waals surface area contributed by atoms with Crippen molar-refractivity contribution < 1.29 is 19.8 Å². The predicted octanol–water partition coefficient (Wildman–Crippen LogP) is 4.42. The summed E-state index contributed by atoms with van der Waals surface area (Å²) in [5.74, 6) is -1.73. The van der Waals surface area contributed by atoms with Crippen LogP contribution >= 0.6 is 0 Å². The Balaban J connectivity index is 0. The monoisotopic (exact) mass is 284 g/mol. The molecule has 0 radical (unpaired) electrons. The van der Waals surface area contributed by atoms with Gasteiger partial charge in [-0.3, -0.25) is 0 Å². The van der Waals surface area contributed by atoms with Gasteiger partial charge in [-0.1, -0.05) is 52.7 Å². The number of hydrogen-bond donors (Lipinski definition) is 2. The van der Waals surface area contributed by atoms with Crippen molar-refractivity contribution in [3.05, 3.63) is 24.3 Å². The van der Waals surface area contributed by atoms with E-state index in [1.165, 1.54) is 0 Å². The number of hydrogen-bond acceptors (Lipinski definition) is 2. The van der Waals surface area contributed by atoms with Gasteiger partial charge in [0.05, 0.1) is 0 Å². The summed E-state index contributed by atoms with van der Waals surface area (Å²) in [6.07, 6.45) is 7.56. The molecule has 20 heavy (non-hydrogen) atoms. The maximum absolute atomic E-state index is 10.2. The van der Waals surface area contributed by atoms with Crippen LogP contribution in [0.5, 0.6) is 0 Å². The van der Waals surface area contributed by atoms with Gasteiger partial charge in [0.2, 0.25) is 0 Å². The highest BCUT2D eigenvalue weighted by molar-refractivity contribution is 5.85. The molecule has 116 valence electrons. The largest absolute Gasteiger partial charge is 0.478 e. The van der Waals surface area contributed by atoms with Crippen LogP contribution in [0.3, 0.4) is 0 Å². The van der Waals surface area contributed by atoms with Crippen molar-refractivity contribution in [3.8, 4) is 0 Å². The van der Waals surface area contributed by atoms with Crippen molar-refractivity contribution >= 4 is 11.9 Å². The van der Waals surface area contributed by atoms with E-state index in [-0.39, 0.29) is 0 Å². The van der Waals surface area contributed by atoms with E-state index >= 15 is 0 Å². The van der Waals surface area contributed by atoms with Gasteiger partial charge in [-0.15, -0.1) is 0 Å². The topological polar surface area (TPSA) is 74.6 Å². The minimum absolute atomic E-state index is 0.327. The molecule has 4 heteroatoms. The molecule has 0 amide bonds. The lowest BCUT2D eigenvalue weighted by Crippen LogP contribution is -1.98. The van der Waals surface area contributed by atoms with Crippen molar-refractivity contribution in [1.29, 1.82) is 0 Å². The number of unbranched alkanes of at least 4 members (excludes halogenated alkanes) is 4. The van der Waals surface area contributed by atoms with E-state index in [2.05, 4.69) is 27.0 Å².